The zero-order chi connectivity index (χ0) is 15.5. The largest absolute Gasteiger partial charge is 0.387 e. The third-order valence-electron chi connectivity index (χ3n) is 4.00. The quantitative estimate of drug-likeness (QED) is 0.922. The first-order valence-electron chi connectivity index (χ1n) is 7.39. The molecule has 2 aromatic heterocycles. The Kier molecular flexibility index (Phi) is 4.02. The number of aliphatic hydroxyl groups is 1. The molecule has 1 aliphatic heterocycles. The predicted octanol–water partition coefficient (Wildman–Crippen LogP) is 1.44. The van der Waals surface area contributed by atoms with Crippen LogP contribution < -0.4 is 4.90 Å². The third-order valence-corrected chi connectivity index (χ3v) is 4.00. The molecule has 0 unspecified atom stereocenters. The standard InChI is InChI=1S/C15H18N6O/c1-11(22)14-10-21(19-18-14)13-4-7-20(8-5-13)15-12(9-16)3-2-6-17-15/h2-3,6,10-11,13,22H,4-5,7-8H2,1H3/t11-/m0/s1. The molecule has 1 N–H and O–H groups in total. The Balaban J connectivity index is 1.68. The van der Waals surface area contributed by atoms with Gasteiger partial charge in [-0.1, -0.05) is 5.21 Å². The molecule has 1 aliphatic rings. The highest BCUT2D eigenvalue weighted by Crippen LogP contribution is 2.27. The normalized spacial score (nSPS) is 17.2. The van der Waals surface area contributed by atoms with Crippen LogP contribution >= 0.6 is 0 Å². The molecule has 1 atom stereocenters. The summed E-state index contributed by atoms with van der Waals surface area (Å²) in [4.78, 5) is 6.47. The van der Waals surface area contributed by atoms with Gasteiger partial charge in [-0.3, -0.25) is 0 Å². The Hall–Kier alpha value is -2.46. The van der Waals surface area contributed by atoms with Gasteiger partial charge in [-0.05, 0) is 31.9 Å². The molecule has 7 nitrogen and oxygen atoms in total. The van der Waals surface area contributed by atoms with Gasteiger partial charge in [0.1, 0.15) is 17.6 Å². The summed E-state index contributed by atoms with van der Waals surface area (Å²) < 4.78 is 1.84. The average Bonchev–Trinajstić information content (AvgIpc) is 3.05. The number of aliphatic hydroxyl groups excluding tert-OH is 1. The van der Waals surface area contributed by atoms with Crippen molar-refractivity contribution in [3.63, 3.8) is 0 Å². The molecule has 7 heteroatoms. The van der Waals surface area contributed by atoms with Crippen LogP contribution in [0.3, 0.4) is 0 Å². The molecule has 0 bridgehead atoms. The number of pyridine rings is 1. The maximum Gasteiger partial charge on any atom is 0.146 e. The molecule has 0 amide bonds. The zero-order valence-corrected chi connectivity index (χ0v) is 12.4. The van der Waals surface area contributed by atoms with Crippen LogP contribution in [0.15, 0.2) is 24.5 Å². The summed E-state index contributed by atoms with van der Waals surface area (Å²) in [5.41, 5.74) is 1.21. The maximum absolute atomic E-state index is 9.52. The Bertz CT molecular complexity index is 681. The van der Waals surface area contributed by atoms with Crippen molar-refractivity contribution in [3.8, 4) is 6.07 Å². The highest BCUT2D eigenvalue weighted by Gasteiger charge is 2.24. The van der Waals surface area contributed by atoms with Gasteiger partial charge >= 0.3 is 0 Å². The molecule has 1 saturated heterocycles. The first kappa shape index (κ1) is 14.5. The Labute approximate surface area is 128 Å². The first-order valence-corrected chi connectivity index (χ1v) is 7.39. The van der Waals surface area contributed by atoms with Crippen LogP contribution in [0.4, 0.5) is 5.82 Å². The van der Waals surface area contributed by atoms with Gasteiger partial charge in [-0.15, -0.1) is 5.10 Å². The van der Waals surface area contributed by atoms with Gasteiger partial charge in [0.25, 0.3) is 0 Å². The van der Waals surface area contributed by atoms with E-state index >= 15 is 0 Å². The van der Waals surface area contributed by atoms with E-state index in [1.54, 1.807) is 25.3 Å². The monoisotopic (exact) mass is 298 g/mol. The van der Waals surface area contributed by atoms with Crippen molar-refractivity contribution in [1.82, 2.24) is 20.0 Å². The topological polar surface area (TPSA) is 90.9 Å². The molecule has 0 spiro atoms. The van der Waals surface area contributed by atoms with E-state index in [4.69, 9.17) is 0 Å². The van der Waals surface area contributed by atoms with Crippen molar-refractivity contribution in [1.29, 1.82) is 5.26 Å². The van der Waals surface area contributed by atoms with E-state index in [9.17, 15) is 10.4 Å². The second-order valence-corrected chi connectivity index (χ2v) is 5.50. The molecule has 1 fully saturated rings. The van der Waals surface area contributed by atoms with E-state index in [2.05, 4.69) is 26.3 Å². The van der Waals surface area contributed by atoms with Crippen LogP contribution in [0.5, 0.6) is 0 Å². The fourth-order valence-corrected chi connectivity index (χ4v) is 2.74. The number of hydrogen-bond donors (Lipinski definition) is 1. The third kappa shape index (κ3) is 2.78. The first-order chi connectivity index (χ1) is 10.7. The lowest BCUT2D eigenvalue weighted by Gasteiger charge is -2.32. The minimum Gasteiger partial charge on any atom is -0.387 e. The number of hydrogen-bond acceptors (Lipinski definition) is 6. The molecule has 2 aromatic rings. The summed E-state index contributed by atoms with van der Waals surface area (Å²) in [6.07, 6.45) is 4.75. The van der Waals surface area contributed by atoms with E-state index in [1.807, 2.05) is 10.9 Å². The molecule has 0 radical (unpaired) electrons. The molecule has 22 heavy (non-hydrogen) atoms. The van der Waals surface area contributed by atoms with Crippen LogP contribution in [0.25, 0.3) is 0 Å². The van der Waals surface area contributed by atoms with Crippen LogP contribution in [0.2, 0.25) is 0 Å². The van der Waals surface area contributed by atoms with Crippen molar-refractivity contribution in [2.24, 2.45) is 0 Å². The van der Waals surface area contributed by atoms with E-state index in [-0.39, 0.29) is 6.04 Å². The van der Waals surface area contributed by atoms with Crippen LogP contribution in [0, 0.1) is 11.3 Å². The van der Waals surface area contributed by atoms with Crippen molar-refractivity contribution in [2.45, 2.75) is 31.9 Å². The minimum absolute atomic E-state index is 0.269. The molecule has 0 saturated carbocycles. The summed E-state index contributed by atoms with van der Waals surface area (Å²) in [6, 6.07) is 6.03. The molecule has 114 valence electrons. The van der Waals surface area contributed by atoms with E-state index in [0.717, 1.165) is 31.7 Å². The van der Waals surface area contributed by atoms with E-state index < -0.39 is 6.10 Å². The van der Waals surface area contributed by atoms with Crippen LogP contribution in [-0.4, -0.2) is 38.2 Å². The predicted molar refractivity (Wildman–Crippen MR) is 80.1 cm³/mol. The smallest absolute Gasteiger partial charge is 0.146 e. The second-order valence-electron chi connectivity index (χ2n) is 5.50. The van der Waals surface area contributed by atoms with Crippen LogP contribution in [0.1, 0.15) is 43.2 Å². The highest BCUT2D eigenvalue weighted by atomic mass is 16.3. The molecule has 0 aliphatic carbocycles. The summed E-state index contributed by atoms with van der Waals surface area (Å²) in [5.74, 6) is 0.756. The van der Waals surface area contributed by atoms with Gasteiger partial charge in [-0.2, -0.15) is 5.26 Å². The average molecular weight is 298 g/mol. The number of piperidine rings is 1. The molecule has 3 heterocycles. The van der Waals surface area contributed by atoms with Gasteiger partial charge in [0.15, 0.2) is 0 Å². The maximum atomic E-state index is 9.52. The fourth-order valence-electron chi connectivity index (χ4n) is 2.74. The van der Waals surface area contributed by atoms with Gasteiger partial charge in [-0.25, -0.2) is 9.67 Å². The summed E-state index contributed by atoms with van der Waals surface area (Å²) in [6.45, 7) is 3.32. The number of nitrogens with zero attached hydrogens (tertiary/aromatic N) is 6. The van der Waals surface area contributed by atoms with E-state index in [1.165, 1.54) is 0 Å². The summed E-state index contributed by atoms with van der Waals surface area (Å²) in [7, 11) is 0. The zero-order valence-electron chi connectivity index (χ0n) is 12.4. The van der Waals surface area contributed by atoms with Gasteiger partial charge < -0.3 is 10.0 Å². The molecule has 3 rings (SSSR count). The van der Waals surface area contributed by atoms with Crippen molar-refractivity contribution < 1.29 is 5.11 Å². The summed E-state index contributed by atoms with van der Waals surface area (Å²) >= 11 is 0. The number of aromatic nitrogens is 4. The Morgan fingerprint density at radius 1 is 1.41 bits per heavy atom. The SMILES string of the molecule is C[C@H](O)c1cn(C2CCN(c3ncccc3C#N)CC2)nn1. The lowest BCUT2D eigenvalue weighted by Crippen LogP contribution is -2.35. The lowest BCUT2D eigenvalue weighted by molar-refractivity contribution is 0.194. The van der Waals surface area contributed by atoms with Crippen molar-refractivity contribution >= 4 is 5.82 Å². The second kappa shape index (κ2) is 6.12. The summed E-state index contributed by atoms with van der Waals surface area (Å²) in [5, 5.41) is 26.8. The Morgan fingerprint density at radius 2 is 2.18 bits per heavy atom. The number of anilines is 1. The number of nitriles is 1. The minimum atomic E-state index is -0.597. The molecule has 0 aromatic carbocycles. The Morgan fingerprint density at radius 3 is 2.82 bits per heavy atom. The van der Waals surface area contributed by atoms with Gasteiger partial charge in [0.2, 0.25) is 0 Å². The lowest BCUT2D eigenvalue weighted by atomic mass is 10.0. The van der Waals surface area contributed by atoms with Crippen molar-refractivity contribution in [3.05, 3.63) is 35.8 Å². The molecular formula is C15H18N6O. The number of rotatable bonds is 3. The highest BCUT2D eigenvalue weighted by molar-refractivity contribution is 5.53. The van der Waals surface area contributed by atoms with Crippen LogP contribution in [-0.2, 0) is 0 Å². The van der Waals surface area contributed by atoms with Gasteiger partial charge in [0, 0.05) is 19.3 Å². The fraction of sp³-hybridized carbons (Fsp3) is 0.467. The van der Waals surface area contributed by atoms with Crippen molar-refractivity contribution in [2.75, 3.05) is 18.0 Å². The van der Waals surface area contributed by atoms with E-state index in [0.29, 0.717) is 11.3 Å². The molecular weight excluding hydrogens is 280 g/mol. The van der Waals surface area contributed by atoms with Gasteiger partial charge in [0.05, 0.1) is 23.9 Å².